The fourth-order valence-electron chi connectivity index (χ4n) is 2.62. The highest BCUT2D eigenvalue weighted by Gasteiger charge is 2.24. The summed E-state index contributed by atoms with van der Waals surface area (Å²) in [7, 11) is 1.72. The first-order valence-electron chi connectivity index (χ1n) is 6.80. The number of rotatable bonds is 3. The first-order chi connectivity index (χ1) is 8.65. The molecule has 0 bridgehead atoms. The van der Waals surface area contributed by atoms with Crippen LogP contribution in [0.1, 0.15) is 25.8 Å². The summed E-state index contributed by atoms with van der Waals surface area (Å²) in [5.41, 5.74) is 2.63. The summed E-state index contributed by atoms with van der Waals surface area (Å²) in [5, 5.41) is 3.59. The third-order valence-electron chi connectivity index (χ3n) is 3.86. The number of aryl methyl sites for hydroxylation is 1. The van der Waals surface area contributed by atoms with E-state index in [4.69, 9.17) is 4.74 Å². The van der Waals surface area contributed by atoms with Crippen molar-refractivity contribution in [2.75, 3.05) is 25.1 Å². The summed E-state index contributed by atoms with van der Waals surface area (Å²) in [6.45, 7) is 8.83. The molecule has 100 valence electrons. The quantitative estimate of drug-likeness (QED) is 0.890. The summed E-state index contributed by atoms with van der Waals surface area (Å²) in [5.74, 6) is 0.936. The first kappa shape index (κ1) is 13.2. The molecule has 18 heavy (non-hydrogen) atoms. The van der Waals surface area contributed by atoms with Crippen molar-refractivity contribution in [2.45, 2.75) is 39.3 Å². The molecule has 1 N–H and O–H groups in total. The zero-order valence-electron chi connectivity index (χ0n) is 11.9. The molecule has 1 aliphatic heterocycles. The molecule has 0 saturated carbocycles. The van der Waals surface area contributed by atoms with E-state index in [9.17, 15) is 0 Å². The van der Waals surface area contributed by atoms with Crippen LogP contribution in [0, 0.1) is 6.92 Å². The fourth-order valence-corrected chi connectivity index (χ4v) is 2.62. The van der Waals surface area contributed by atoms with E-state index in [-0.39, 0.29) is 0 Å². The molecule has 2 unspecified atom stereocenters. The molecule has 0 aromatic heterocycles. The Hall–Kier alpha value is -1.22. The Kier molecular flexibility index (Phi) is 4.12. The number of nitrogens with zero attached hydrogens (tertiary/aromatic N) is 1. The Morgan fingerprint density at radius 1 is 1.44 bits per heavy atom. The zero-order valence-corrected chi connectivity index (χ0v) is 11.9. The molecule has 0 radical (unpaired) electrons. The lowest BCUT2D eigenvalue weighted by molar-refractivity contribution is 0.396. The maximum absolute atomic E-state index is 5.28. The van der Waals surface area contributed by atoms with E-state index in [0.717, 1.165) is 18.8 Å². The lowest BCUT2D eigenvalue weighted by Gasteiger charge is -2.41. The van der Waals surface area contributed by atoms with Gasteiger partial charge in [-0.05, 0) is 44.0 Å². The minimum Gasteiger partial charge on any atom is -0.497 e. The van der Waals surface area contributed by atoms with Gasteiger partial charge in [0.1, 0.15) is 5.75 Å². The Balaban J connectivity index is 2.23. The predicted octanol–water partition coefficient (Wildman–Crippen LogP) is 2.58. The van der Waals surface area contributed by atoms with Crippen molar-refractivity contribution in [3.8, 4) is 5.75 Å². The SMILES string of the molecule is CCC1CN(c2ccc(OC)cc2C)C(C)CN1. The van der Waals surface area contributed by atoms with Gasteiger partial charge in [-0.1, -0.05) is 6.92 Å². The van der Waals surface area contributed by atoms with E-state index in [1.54, 1.807) is 7.11 Å². The van der Waals surface area contributed by atoms with E-state index in [1.165, 1.54) is 17.7 Å². The van der Waals surface area contributed by atoms with Gasteiger partial charge in [0.05, 0.1) is 7.11 Å². The van der Waals surface area contributed by atoms with Gasteiger partial charge in [-0.2, -0.15) is 0 Å². The fraction of sp³-hybridized carbons (Fsp3) is 0.600. The molecule has 0 spiro atoms. The van der Waals surface area contributed by atoms with Crippen molar-refractivity contribution in [3.63, 3.8) is 0 Å². The third-order valence-corrected chi connectivity index (χ3v) is 3.86. The highest BCUT2D eigenvalue weighted by molar-refractivity contribution is 5.57. The number of hydrogen-bond donors (Lipinski definition) is 1. The van der Waals surface area contributed by atoms with E-state index in [2.05, 4.69) is 49.2 Å². The zero-order chi connectivity index (χ0) is 13.1. The largest absolute Gasteiger partial charge is 0.497 e. The van der Waals surface area contributed by atoms with Gasteiger partial charge in [-0.25, -0.2) is 0 Å². The van der Waals surface area contributed by atoms with Crippen LogP contribution in [0.2, 0.25) is 0 Å². The number of anilines is 1. The highest BCUT2D eigenvalue weighted by Crippen LogP contribution is 2.27. The highest BCUT2D eigenvalue weighted by atomic mass is 16.5. The van der Waals surface area contributed by atoms with Gasteiger partial charge >= 0.3 is 0 Å². The molecule has 0 aliphatic carbocycles. The average Bonchev–Trinajstić information content (AvgIpc) is 2.39. The topological polar surface area (TPSA) is 24.5 Å². The monoisotopic (exact) mass is 248 g/mol. The maximum atomic E-state index is 5.28. The van der Waals surface area contributed by atoms with Crippen molar-refractivity contribution in [1.29, 1.82) is 0 Å². The van der Waals surface area contributed by atoms with Crippen molar-refractivity contribution in [3.05, 3.63) is 23.8 Å². The molecular weight excluding hydrogens is 224 g/mol. The number of hydrogen-bond acceptors (Lipinski definition) is 3. The number of benzene rings is 1. The molecule has 1 aromatic carbocycles. The van der Waals surface area contributed by atoms with E-state index in [1.807, 2.05) is 0 Å². The number of methoxy groups -OCH3 is 1. The second-order valence-electron chi connectivity index (χ2n) is 5.17. The van der Waals surface area contributed by atoms with Crippen LogP contribution in [-0.4, -0.2) is 32.3 Å². The molecule has 3 heteroatoms. The Bertz CT molecular complexity index is 405. The van der Waals surface area contributed by atoms with Gasteiger partial charge in [-0.15, -0.1) is 0 Å². The maximum Gasteiger partial charge on any atom is 0.119 e. The predicted molar refractivity (Wildman–Crippen MR) is 76.6 cm³/mol. The standard InChI is InChI=1S/C15H24N2O/c1-5-13-10-17(12(3)9-16-13)15-7-6-14(18-4)8-11(15)2/h6-8,12-13,16H,5,9-10H2,1-4H3. The molecule has 1 aromatic rings. The minimum atomic E-state index is 0.542. The molecule has 1 fully saturated rings. The smallest absolute Gasteiger partial charge is 0.119 e. The molecule has 2 atom stereocenters. The van der Waals surface area contributed by atoms with Crippen LogP contribution in [0.5, 0.6) is 5.75 Å². The van der Waals surface area contributed by atoms with Crippen LogP contribution in [-0.2, 0) is 0 Å². The molecule has 2 rings (SSSR count). The van der Waals surface area contributed by atoms with Crippen LogP contribution in [0.15, 0.2) is 18.2 Å². The van der Waals surface area contributed by atoms with Crippen molar-refractivity contribution in [2.24, 2.45) is 0 Å². The van der Waals surface area contributed by atoms with Crippen LogP contribution in [0.4, 0.5) is 5.69 Å². The molecular formula is C15H24N2O. The van der Waals surface area contributed by atoms with Crippen LogP contribution in [0.25, 0.3) is 0 Å². The molecule has 3 nitrogen and oxygen atoms in total. The van der Waals surface area contributed by atoms with Crippen molar-refractivity contribution < 1.29 is 4.74 Å². The summed E-state index contributed by atoms with van der Waals surface area (Å²) >= 11 is 0. The van der Waals surface area contributed by atoms with Gasteiger partial charge in [0.2, 0.25) is 0 Å². The lowest BCUT2D eigenvalue weighted by atomic mass is 10.0. The summed E-state index contributed by atoms with van der Waals surface area (Å²) in [6.07, 6.45) is 1.18. The van der Waals surface area contributed by atoms with Crippen LogP contribution < -0.4 is 15.0 Å². The first-order valence-corrected chi connectivity index (χ1v) is 6.80. The Labute approximate surface area is 110 Å². The number of ether oxygens (including phenoxy) is 1. The molecule has 1 saturated heterocycles. The average molecular weight is 248 g/mol. The van der Waals surface area contributed by atoms with Gasteiger partial charge < -0.3 is 15.0 Å². The molecule has 0 amide bonds. The molecule has 1 heterocycles. The number of nitrogens with one attached hydrogen (secondary N) is 1. The molecule has 1 aliphatic rings. The van der Waals surface area contributed by atoms with E-state index in [0.29, 0.717) is 12.1 Å². The number of piperazine rings is 1. The summed E-state index contributed by atoms with van der Waals surface area (Å²) in [6, 6.07) is 7.49. The van der Waals surface area contributed by atoms with Gasteiger partial charge in [0, 0.05) is 30.9 Å². The second kappa shape index (κ2) is 5.61. The van der Waals surface area contributed by atoms with E-state index < -0.39 is 0 Å². The summed E-state index contributed by atoms with van der Waals surface area (Å²) in [4.78, 5) is 2.51. The van der Waals surface area contributed by atoms with Crippen molar-refractivity contribution >= 4 is 5.69 Å². The van der Waals surface area contributed by atoms with Crippen molar-refractivity contribution in [1.82, 2.24) is 5.32 Å². The van der Waals surface area contributed by atoms with Gasteiger partial charge in [0.15, 0.2) is 0 Å². The van der Waals surface area contributed by atoms with Crippen LogP contribution in [0.3, 0.4) is 0 Å². The summed E-state index contributed by atoms with van der Waals surface area (Å²) < 4.78 is 5.28. The van der Waals surface area contributed by atoms with Crippen LogP contribution >= 0.6 is 0 Å². The van der Waals surface area contributed by atoms with Gasteiger partial charge in [-0.3, -0.25) is 0 Å². The second-order valence-corrected chi connectivity index (χ2v) is 5.17. The lowest BCUT2D eigenvalue weighted by Crippen LogP contribution is -2.55. The Morgan fingerprint density at radius 3 is 2.83 bits per heavy atom. The normalized spacial score (nSPS) is 24.1. The van der Waals surface area contributed by atoms with Gasteiger partial charge in [0.25, 0.3) is 0 Å². The van der Waals surface area contributed by atoms with E-state index >= 15 is 0 Å². The Morgan fingerprint density at radius 2 is 2.22 bits per heavy atom. The minimum absolute atomic E-state index is 0.542. The third kappa shape index (κ3) is 2.61.